The van der Waals surface area contributed by atoms with Crippen molar-refractivity contribution in [3.8, 4) is 0 Å². The average Bonchev–Trinajstić information content (AvgIpc) is 2.18. The number of hydrogen-bond acceptors (Lipinski definition) is 5. The molecule has 0 unspecified atom stereocenters. The van der Waals surface area contributed by atoms with Crippen molar-refractivity contribution in [3.05, 3.63) is 18.3 Å². The average molecular weight is 195 g/mol. The molecule has 0 aliphatic heterocycles. The Labute approximate surface area is 84.3 Å². The molecule has 0 saturated heterocycles. The number of nitrogen functional groups attached to an aromatic ring is 1. The number of likely N-dealkylation sites (N-methyl/N-ethyl adjacent to an activating group) is 1. The molecule has 78 valence electrons. The van der Waals surface area contributed by atoms with E-state index in [0.29, 0.717) is 5.82 Å². The molecular weight excluding hydrogens is 178 g/mol. The molecule has 0 aliphatic rings. The number of nitrogens with one attached hydrogen (secondary N) is 2. The molecule has 5 heteroatoms. The number of nitrogens with two attached hydrogens (primary N) is 1. The molecule has 1 rings (SSSR count). The number of aromatic nitrogens is 1. The lowest BCUT2D eigenvalue weighted by Gasteiger charge is -2.11. The lowest BCUT2D eigenvalue weighted by molar-refractivity contribution is 0.425. The van der Waals surface area contributed by atoms with Gasteiger partial charge in [-0.25, -0.2) is 10.8 Å². The van der Waals surface area contributed by atoms with Gasteiger partial charge in [0, 0.05) is 13.1 Å². The topological polar surface area (TPSA) is 66.2 Å². The van der Waals surface area contributed by atoms with E-state index < -0.39 is 0 Å². The molecule has 14 heavy (non-hydrogen) atoms. The van der Waals surface area contributed by atoms with Crippen LogP contribution in [0, 0.1) is 0 Å². The number of hydrazine groups is 1. The maximum atomic E-state index is 5.20. The molecule has 0 spiro atoms. The van der Waals surface area contributed by atoms with Gasteiger partial charge in [-0.3, -0.25) is 0 Å². The number of nitrogens with zero attached hydrogens (tertiary/aromatic N) is 2. The van der Waals surface area contributed by atoms with Crippen molar-refractivity contribution in [3.63, 3.8) is 0 Å². The van der Waals surface area contributed by atoms with Crippen LogP contribution in [0.5, 0.6) is 0 Å². The van der Waals surface area contributed by atoms with E-state index in [0.717, 1.165) is 18.8 Å². The maximum Gasteiger partial charge on any atom is 0.140 e. The van der Waals surface area contributed by atoms with E-state index in [2.05, 4.69) is 20.6 Å². The van der Waals surface area contributed by atoms with E-state index in [1.807, 2.05) is 26.2 Å². The van der Waals surface area contributed by atoms with Crippen molar-refractivity contribution < 1.29 is 0 Å². The second-order valence-electron chi connectivity index (χ2n) is 3.31. The van der Waals surface area contributed by atoms with Gasteiger partial charge >= 0.3 is 0 Å². The Morgan fingerprint density at radius 1 is 1.43 bits per heavy atom. The second kappa shape index (κ2) is 5.41. The minimum Gasteiger partial charge on any atom is -0.383 e. The Bertz CT molecular complexity index is 256. The van der Waals surface area contributed by atoms with Gasteiger partial charge in [-0.15, -0.1) is 0 Å². The van der Waals surface area contributed by atoms with Crippen LogP contribution in [0.1, 0.15) is 0 Å². The number of anilines is 2. The summed E-state index contributed by atoms with van der Waals surface area (Å²) in [5, 5.41) is 3.25. The number of rotatable bonds is 5. The molecule has 0 amide bonds. The normalized spacial score (nSPS) is 10.3. The van der Waals surface area contributed by atoms with E-state index >= 15 is 0 Å². The quantitative estimate of drug-likeness (QED) is 0.467. The Kier molecular flexibility index (Phi) is 4.15. The number of hydrogen-bond donors (Lipinski definition) is 3. The highest BCUT2D eigenvalue weighted by molar-refractivity contribution is 5.46. The Morgan fingerprint density at radius 2 is 2.21 bits per heavy atom. The van der Waals surface area contributed by atoms with Gasteiger partial charge in [0.2, 0.25) is 0 Å². The van der Waals surface area contributed by atoms with Crippen molar-refractivity contribution >= 4 is 11.5 Å². The summed E-state index contributed by atoms with van der Waals surface area (Å²) in [6, 6.07) is 3.77. The monoisotopic (exact) mass is 195 g/mol. The third kappa shape index (κ3) is 3.59. The number of pyridine rings is 1. The van der Waals surface area contributed by atoms with Crippen LogP contribution in [0.2, 0.25) is 0 Å². The summed E-state index contributed by atoms with van der Waals surface area (Å²) in [6.45, 7) is 1.90. The van der Waals surface area contributed by atoms with E-state index in [1.165, 1.54) is 0 Å². The summed E-state index contributed by atoms with van der Waals surface area (Å²) in [4.78, 5) is 6.20. The van der Waals surface area contributed by atoms with E-state index in [9.17, 15) is 0 Å². The predicted molar refractivity (Wildman–Crippen MR) is 59.1 cm³/mol. The highest BCUT2D eigenvalue weighted by Crippen LogP contribution is 2.07. The fourth-order valence-corrected chi connectivity index (χ4v) is 1.01. The zero-order chi connectivity index (χ0) is 10.4. The first-order valence-electron chi connectivity index (χ1n) is 4.53. The van der Waals surface area contributed by atoms with Crippen LogP contribution in [-0.4, -0.2) is 37.1 Å². The van der Waals surface area contributed by atoms with Gasteiger partial charge in [0.15, 0.2) is 0 Å². The summed E-state index contributed by atoms with van der Waals surface area (Å²) < 4.78 is 0. The maximum absolute atomic E-state index is 5.20. The summed E-state index contributed by atoms with van der Waals surface area (Å²) in [5.74, 6) is 5.87. The molecule has 0 aliphatic carbocycles. The molecule has 0 fully saturated rings. The summed E-state index contributed by atoms with van der Waals surface area (Å²) in [5.41, 5.74) is 3.49. The van der Waals surface area contributed by atoms with Gasteiger partial charge in [0.25, 0.3) is 0 Å². The third-order valence-corrected chi connectivity index (χ3v) is 1.80. The van der Waals surface area contributed by atoms with Crippen molar-refractivity contribution in [1.29, 1.82) is 0 Å². The Morgan fingerprint density at radius 3 is 2.71 bits per heavy atom. The van der Waals surface area contributed by atoms with Crippen molar-refractivity contribution in [2.45, 2.75) is 0 Å². The minimum atomic E-state index is 0.670. The smallest absolute Gasteiger partial charge is 0.140 e. The van der Waals surface area contributed by atoms with Gasteiger partial charge in [-0.2, -0.15) is 0 Å². The molecule has 1 aromatic rings. The van der Waals surface area contributed by atoms with Gasteiger partial charge < -0.3 is 15.6 Å². The second-order valence-corrected chi connectivity index (χ2v) is 3.31. The van der Waals surface area contributed by atoms with Gasteiger partial charge in [0.1, 0.15) is 5.82 Å². The van der Waals surface area contributed by atoms with Crippen LogP contribution in [0.25, 0.3) is 0 Å². The molecule has 0 radical (unpaired) electrons. The van der Waals surface area contributed by atoms with Crippen LogP contribution < -0.4 is 16.6 Å². The largest absolute Gasteiger partial charge is 0.383 e. The molecule has 4 N–H and O–H groups in total. The zero-order valence-corrected chi connectivity index (χ0v) is 8.62. The van der Waals surface area contributed by atoms with Gasteiger partial charge in [0.05, 0.1) is 11.9 Å². The summed E-state index contributed by atoms with van der Waals surface area (Å²) in [6.07, 6.45) is 1.75. The first-order valence-corrected chi connectivity index (χ1v) is 4.53. The first-order chi connectivity index (χ1) is 6.72. The molecule has 0 saturated carbocycles. The molecule has 5 nitrogen and oxygen atoms in total. The standard InChI is InChI=1S/C9H17N5/c1-14(2)6-5-11-8-3-4-9(13-10)12-7-8/h3-4,7,11H,5-6,10H2,1-2H3,(H,12,13). The SMILES string of the molecule is CN(C)CCNc1ccc(NN)nc1. The first kappa shape index (κ1) is 10.7. The van der Waals surface area contributed by atoms with E-state index in [1.54, 1.807) is 6.20 Å². The highest BCUT2D eigenvalue weighted by atomic mass is 15.2. The fraction of sp³-hybridized carbons (Fsp3) is 0.444. The fourth-order valence-electron chi connectivity index (χ4n) is 1.01. The molecule has 0 atom stereocenters. The summed E-state index contributed by atoms with van der Waals surface area (Å²) in [7, 11) is 4.09. The van der Waals surface area contributed by atoms with Crippen molar-refractivity contribution in [2.24, 2.45) is 5.84 Å². The van der Waals surface area contributed by atoms with Crippen LogP contribution in [-0.2, 0) is 0 Å². The Balaban J connectivity index is 2.36. The van der Waals surface area contributed by atoms with Crippen molar-refractivity contribution in [1.82, 2.24) is 9.88 Å². The minimum absolute atomic E-state index is 0.670. The van der Waals surface area contributed by atoms with Crippen LogP contribution in [0.15, 0.2) is 18.3 Å². The van der Waals surface area contributed by atoms with Crippen LogP contribution in [0.4, 0.5) is 11.5 Å². The van der Waals surface area contributed by atoms with E-state index in [-0.39, 0.29) is 0 Å². The van der Waals surface area contributed by atoms with Gasteiger partial charge in [-0.1, -0.05) is 0 Å². The van der Waals surface area contributed by atoms with Crippen LogP contribution >= 0.6 is 0 Å². The summed E-state index contributed by atoms with van der Waals surface area (Å²) >= 11 is 0. The predicted octanol–water partition coefficient (Wildman–Crippen LogP) is 0.341. The Hall–Kier alpha value is -1.33. The van der Waals surface area contributed by atoms with Gasteiger partial charge in [-0.05, 0) is 26.2 Å². The molecule has 0 bridgehead atoms. The van der Waals surface area contributed by atoms with Crippen molar-refractivity contribution in [2.75, 3.05) is 37.9 Å². The zero-order valence-electron chi connectivity index (χ0n) is 8.62. The molecule has 1 heterocycles. The molecule has 0 aromatic carbocycles. The molecule has 1 aromatic heterocycles. The third-order valence-electron chi connectivity index (χ3n) is 1.80. The lowest BCUT2D eigenvalue weighted by atomic mass is 10.4. The molecular formula is C9H17N5. The lowest BCUT2D eigenvalue weighted by Crippen LogP contribution is -2.20. The van der Waals surface area contributed by atoms with E-state index in [4.69, 9.17) is 5.84 Å². The van der Waals surface area contributed by atoms with Crippen LogP contribution in [0.3, 0.4) is 0 Å². The highest BCUT2D eigenvalue weighted by Gasteiger charge is 1.94.